The van der Waals surface area contributed by atoms with Gasteiger partial charge in [-0.1, -0.05) is 43.3 Å². The minimum absolute atomic E-state index is 0. The minimum atomic E-state index is 0. The van der Waals surface area contributed by atoms with Crippen LogP contribution in [-0.2, 0) is 11.2 Å². The van der Waals surface area contributed by atoms with E-state index in [9.17, 15) is 4.79 Å². The third kappa shape index (κ3) is 4.87. The molecule has 1 heterocycles. The molecule has 21 heavy (non-hydrogen) atoms. The first-order chi connectivity index (χ1) is 9.72. The lowest BCUT2D eigenvalue weighted by molar-refractivity contribution is -0.136. The van der Waals surface area contributed by atoms with Crippen molar-refractivity contribution in [3.8, 4) is 0 Å². The Morgan fingerprint density at radius 1 is 1.43 bits per heavy atom. The van der Waals surface area contributed by atoms with E-state index in [4.69, 9.17) is 0 Å². The Hall–Kier alpha value is -1.32. The molecule has 116 valence electrons. The molecule has 1 fully saturated rings. The number of amides is 1. The van der Waals surface area contributed by atoms with Gasteiger partial charge in [0.15, 0.2) is 0 Å². The van der Waals surface area contributed by atoms with Gasteiger partial charge in [0, 0.05) is 19.0 Å². The van der Waals surface area contributed by atoms with Gasteiger partial charge in [-0.25, -0.2) is 0 Å². The van der Waals surface area contributed by atoms with E-state index in [-0.39, 0.29) is 24.2 Å². The molecule has 1 aliphatic rings. The van der Waals surface area contributed by atoms with Crippen molar-refractivity contribution < 1.29 is 4.79 Å². The molecular formula is C17H25ClN2O. The van der Waals surface area contributed by atoms with Crippen LogP contribution in [0.2, 0.25) is 0 Å². The predicted octanol–water partition coefficient (Wildman–Crippen LogP) is 2.52. The first-order valence-corrected chi connectivity index (χ1v) is 7.36. The van der Waals surface area contributed by atoms with Crippen LogP contribution in [0.25, 0.3) is 0 Å². The zero-order valence-electron chi connectivity index (χ0n) is 12.6. The van der Waals surface area contributed by atoms with Gasteiger partial charge in [-0.2, -0.15) is 0 Å². The maximum atomic E-state index is 12.5. The summed E-state index contributed by atoms with van der Waals surface area (Å²) in [5.74, 6) is 0.853. The molecule has 1 aliphatic heterocycles. The van der Waals surface area contributed by atoms with E-state index in [1.54, 1.807) is 0 Å². The number of hydrogen-bond donors (Lipinski definition) is 1. The van der Waals surface area contributed by atoms with Crippen LogP contribution in [0.4, 0.5) is 0 Å². The molecule has 1 atom stereocenters. The largest absolute Gasteiger partial charge is 0.338 e. The highest BCUT2D eigenvalue weighted by Gasteiger charge is 2.31. The minimum Gasteiger partial charge on any atom is -0.338 e. The smallest absolute Gasteiger partial charge is 0.226 e. The summed E-state index contributed by atoms with van der Waals surface area (Å²) < 4.78 is 0. The van der Waals surface area contributed by atoms with Crippen molar-refractivity contribution >= 4 is 18.3 Å². The summed E-state index contributed by atoms with van der Waals surface area (Å²) in [5.41, 5.74) is 1.27. The summed E-state index contributed by atoms with van der Waals surface area (Å²) >= 11 is 0. The lowest BCUT2D eigenvalue weighted by Gasteiger charge is -2.34. The summed E-state index contributed by atoms with van der Waals surface area (Å²) in [6, 6.07) is 10.3. The third-order valence-corrected chi connectivity index (χ3v) is 4.08. The van der Waals surface area contributed by atoms with Crippen molar-refractivity contribution in [1.29, 1.82) is 0 Å². The average Bonchev–Trinajstić information content (AvgIpc) is 2.42. The second kappa shape index (κ2) is 8.85. The van der Waals surface area contributed by atoms with E-state index in [1.165, 1.54) is 5.56 Å². The molecule has 1 aromatic carbocycles. The fourth-order valence-corrected chi connectivity index (χ4v) is 2.51. The van der Waals surface area contributed by atoms with Crippen molar-refractivity contribution in [3.05, 3.63) is 48.6 Å². The molecule has 0 bridgehead atoms. The fourth-order valence-electron chi connectivity index (χ4n) is 2.51. The molecule has 1 unspecified atom stereocenters. The highest BCUT2D eigenvalue weighted by Crippen LogP contribution is 2.18. The summed E-state index contributed by atoms with van der Waals surface area (Å²) in [4.78, 5) is 14.5. The topological polar surface area (TPSA) is 32.3 Å². The summed E-state index contributed by atoms with van der Waals surface area (Å²) in [5, 5.41) is 3.23. The Morgan fingerprint density at radius 2 is 2.10 bits per heavy atom. The van der Waals surface area contributed by atoms with E-state index in [0.717, 1.165) is 26.1 Å². The quantitative estimate of drug-likeness (QED) is 0.785. The molecular weight excluding hydrogens is 284 g/mol. The number of rotatable bonds is 7. The third-order valence-electron chi connectivity index (χ3n) is 4.08. The number of carbonyl (C=O) groups is 1. The molecule has 1 amide bonds. The van der Waals surface area contributed by atoms with E-state index < -0.39 is 0 Å². The lowest BCUT2D eigenvalue weighted by Crippen LogP contribution is -2.50. The van der Waals surface area contributed by atoms with Gasteiger partial charge < -0.3 is 10.2 Å². The van der Waals surface area contributed by atoms with Crippen LogP contribution in [0.3, 0.4) is 0 Å². The number of nitrogens with one attached hydrogen (secondary N) is 1. The lowest BCUT2D eigenvalue weighted by atomic mass is 9.88. The van der Waals surface area contributed by atoms with Gasteiger partial charge in [0.2, 0.25) is 5.91 Å². The van der Waals surface area contributed by atoms with Crippen LogP contribution in [-0.4, -0.2) is 37.0 Å². The maximum Gasteiger partial charge on any atom is 0.226 e. The van der Waals surface area contributed by atoms with Crippen LogP contribution >= 0.6 is 12.4 Å². The molecule has 3 nitrogen and oxygen atoms in total. The number of hydrogen-bond acceptors (Lipinski definition) is 2. The first kappa shape index (κ1) is 17.7. The molecule has 0 aromatic heterocycles. The van der Waals surface area contributed by atoms with Gasteiger partial charge in [-0.15, -0.1) is 19.0 Å². The van der Waals surface area contributed by atoms with Gasteiger partial charge in [0.1, 0.15) is 0 Å². The highest BCUT2D eigenvalue weighted by molar-refractivity contribution is 5.85. The summed E-state index contributed by atoms with van der Waals surface area (Å²) in [6.45, 7) is 9.15. The Morgan fingerprint density at radius 3 is 2.62 bits per heavy atom. The van der Waals surface area contributed by atoms with Crippen LogP contribution in [0.5, 0.6) is 0 Å². The standard InChI is InChI=1S/C17H24N2O.ClH/c1-3-10-19(11-9-15-7-5-4-6-8-15)17(20)14(2)16-12-18-13-16;/h3-8,14,16,18H,1,9-13H2,2H3;1H. The number of halogens is 1. The molecule has 0 radical (unpaired) electrons. The average molecular weight is 309 g/mol. The number of benzene rings is 1. The fraction of sp³-hybridized carbons (Fsp3) is 0.471. The van der Waals surface area contributed by atoms with E-state index in [1.807, 2.05) is 36.1 Å². The van der Waals surface area contributed by atoms with Gasteiger partial charge >= 0.3 is 0 Å². The maximum absolute atomic E-state index is 12.5. The number of nitrogens with zero attached hydrogens (tertiary/aromatic N) is 1. The zero-order valence-corrected chi connectivity index (χ0v) is 13.4. The Bertz CT molecular complexity index is 445. The Kier molecular flexibility index (Phi) is 7.48. The molecule has 0 saturated carbocycles. The molecule has 1 saturated heterocycles. The van der Waals surface area contributed by atoms with Crippen LogP contribution in [0, 0.1) is 11.8 Å². The van der Waals surface area contributed by atoms with E-state index in [2.05, 4.69) is 24.0 Å². The zero-order chi connectivity index (χ0) is 14.4. The second-order valence-corrected chi connectivity index (χ2v) is 5.52. The summed E-state index contributed by atoms with van der Waals surface area (Å²) in [7, 11) is 0. The van der Waals surface area contributed by atoms with Crippen molar-refractivity contribution in [2.75, 3.05) is 26.2 Å². The molecule has 0 aliphatic carbocycles. The molecule has 0 spiro atoms. The summed E-state index contributed by atoms with van der Waals surface area (Å²) in [6.07, 6.45) is 2.71. The van der Waals surface area contributed by atoms with Crippen molar-refractivity contribution in [2.45, 2.75) is 13.3 Å². The molecule has 1 aromatic rings. The molecule has 4 heteroatoms. The number of carbonyl (C=O) groups excluding carboxylic acids is 1. The van der Waals surface area contributed by atoms with Crippen LogP contribution < -0.4 is 5.32 Å². The SMILES string of the molecule is C=CCN(CCc1ccccc1)C(=O)C(C)C1CNC1.Cl. The molecule has 1 N–H and O–H groups in total. The van der Waals surface area contributed by atoms with Crippen molar-refractivity contribution in [1.82, 2.24) is 10.2 Å². The second-order valence-electron chi connectivity index (χ2n) is 5.52. The van der Waals surface area contributed by atoms with Gasteiger partial charge in [0.05, 0.1) is 0 Å². The van der Waals surface area contributed by atoms with Crippen LogP contribution in [0.15, 0.2) is 43.0 Å². The predicted molar refractivity (Wildman–Crippen MR) is 89.7 cm³/mol. The van der Waals surface area contributed by atoms with Crippen molar-refractivity contribution in [3.63, 3.8) is 0 Å². The first-order valence-electron chi connectivity index (χ1n) is 7.36. The van der Waals surface area contributed by atoms with E-state index >= 15 is 0 Å². The van der Waals surface area contributed by atoms with Crippen molar-refractivity contribution in [2.24, 2.45) is 11.8 Å². The Balaban J connectivity index is 0.00000220. The molecule has 2 rings (SSSR count). The van der Waals surface area contributed by atoms with Crippen LogP contribution in [0.1, 0.15) is 12.5 Å². The monoisotopic (exact) mass is 308 g/mol. The Labute approximate surface area is 133 Å². The highest BCUT2D eigenvalue weighted by atomic mass is 35.5. The van der Waals surface area contributed by atoms with E-state index in [0.29, 0.717) is 12.5 Å². The van der Waals surface area contributed by atoms with Gasteiger partial charge in [-0.05, 0) is 31.0 Å². The van der Waals surface area contributed by atoms with Gasteiger partial charge in [0.25, 0.3) is 0 Å². The normalized spacial score (nSPS) is 15.5. The van der Waals surface area contributed by atoms with Gasteiger partial charge in [-0.3, -0.25) is 4.79 Å².